The van der Waals surface area contributed by atoms with Crippen molar-refractivity contribution in [2.45, 2.75) is 92.6 Å². The van der Waals surface area contributed by atoms with E-state index in [-0.39, 0.29) is 25.0 Å². The molecule has 0 aliphatic rings. The van der Waals surface area contributed by atoms with Gasteiger partial charge < -0.3 is 20.6 Å². The Morgan fingerprint density at radius 2 is 1.25 bits per heavy atom. The Bertz CT molecular complexity index is 384. The van der Waals surface area contributed by atoms with E-state index >= 15 is 0 Å². The van der Waals surface area contributed by atoms with Gasteiger partial charge in [-0.25, -0.2) is 0 Å². The van der Waals surface area contributed by atoms with Gasteiger partial charge in [0.2, 0.25) is 0 Å². The Hall–Kier alpha value is 0.396. The SMILES string of the molecule is C=C.CC#COC.CCC[CH2][Sn]([Cl])([CH2]CCC)[CH2]CCC.COC(C)CCl.[C-]#COC.[Li+]. The summed E-state index contributed by atoms with van der Waals surface area (Å²) in [6.45, 7) is 16.5. The second kappa shape index (κ2) is 45.0. The van der Waals surface area contributed by atoms with Crippen molar-refractivity contribution in [3.63, 3.8) is 0 Å². The molecule has 1 atom stereocenters. The molecule has 0 N–H and O–H groups in total. The summed E-state index contributed by atoms with van der Waals surface area (Å²) in [5, 5.41) is 0. The smallest absolute Gasteiger partial charge is 0.648 e. The topological polar surface area (TPSA) is 27.7 Å². The predicted octanol–water partition coefficient (Wildman–Crippen LogP) is 5.43. The summed E-state index contributed by atoms with van der Waals surface area (Å²) in [4.78, 5) is 0. The van der Waals surface area contributed by atoms with Crippen LogP contribution in [0.2, 0.25) is 13.3 Å². The number of hydrogen-bond acceptors (Lipinski definition) is 3. The van der Waals surface area contributed by atoms with Crippen molar-refractivity contribution in [2.75, 3.05) is 27.2 Å². The molecule has 0 saturated carbocycles. The fraction of sp³-hybridized carbons (Fsp3) is 0.760. The van der Waals surface area contributed by atoms with Gasteiger partial charge in [-0.3, -0.25) is 0 Å². The van der Waals surface area contributed by atoms with Gasteiger partial charge >= 0.3 is 118 Å². The van der Waals surface area contributed by atoms with E-state index in [2.05, 4.69) is 55.4 Å². The molecule has 0 aromatic rings. The molecule has 0 saturated heterocycles. The normalized spacial score (nSPS) is 9.28. The summed E-state index contributed by atoms with van der Waals surface area (Å²) in [7, 11) is 11.5. The van der Waals surface area contributed by atoms with E-state index in [0.717, 1.165) is 0 Å². The molecular formula is C25H49Cl2LiO3Sn. The van der Waals surface area contributed by atoms with Crippen molar-refractivity contribution >= 4 is 37.8 Å². The summed E-state index contributed by atoms with van der Waals surface area (Å²) in [6, 6.07) is 0. The van der Waals surface area contributed by atoms with E-state index in [9.17, 15) is 0 Å². The first-order chi connectivity index (χ1) is 14.8. The van der Waals surface area contributed by atoms with Gasteiger partial charge in [-0.1, -0.05) is 5.92 Å². The maximum Gasteiger partial charge on any atom is 1.00 e. The van der Waals surface area contributed by atoms with E-state index in [1.165, 1.54) is 66.1 Å². The maximum atomic E-state index is 6.89. The van der Waals surface area contributed by atoms with Crippen LogP contribution >= 0.6 is 20.5 Å². The minimum absolute atomic E-state index is 0. The van der Waals surface area contributed by atoms with Crippen LogP contribution < -0.4 is 18.9 Å². The fourth-order valence-electron chi connectivity index (χ4n) is 2.02. The molecule has 0 spiro atoms. The summed E-state index contributed by atoms with van der Waals surface area (Å²) in [5.41, 5.74) is 0. The van der Waals surface area contributed by atoms with Gasteiger partial charge in [0.1, 0.15) is 6.11 Å². The Kier molecular flexibility index (Phi) is 64.4. The van der Waals surface area contributed by atoms with E-state index in [1.54, 1.807) is 20.1 Å². The first-order valence-corrected chi connectivity index (χ1v) is 21.2. The summed E-state index contributed by atoms with van der Waals surface area (Å²) >= 11 is 3.24. The zero-order chi connectivity index (χ0) is 25.4. The number of rotatable bonds is 11. The molecular weight excluding hydrogens is 545 g/mol. The molecule has 3 nitrogen and oxygen atoms in total. The Labute approximate surface area is 226 Å². The third-order valence-electron chi connectivity index (χ3n) is 3.86. The third-order valence-corrected chi connectivity index (χ3v) is 18.8. The van der Waals surface area contributed by atoms with Crippen LogP contribution in [-0.2, 0) is 14.2 Å². The van der Waals surface area contributed by atoms with Gasteiger partial charge in [0, 0.05) is 19.9 Å². The van der Waals surface area contributed by atoms with Crippen molar-refractivity contribution in [1.82, 2.24) is 0 Å². The summed E-state index contributed by atoms with van der Waals surface area (Å²) in [6.07, 6.45) is 18.3. The van der Waals surface area contributed by atoms with Crippen molar-refractivity contribution in [3.05, 3.63) is 19.6 Å². The van der Waals surface area contributed by atoms with Crippen LogP contribution in [0.5, 0.6) is 0 Å². The molecule has 7 heteroatoms. The van der Waals surface area contributed by atoms with Crippen LogP contribution in [0.1, 0.15) is 73.1 Å². The second-order valence-electron chi connectivity index (χ2n) is 6.52. The third kappa shape index (κ3) is 52.4. The molecule has 0 aromatic heterocycles. The average Bonchev–Trinajstić information content (AvgIpc) is 2.82. The van der Waals surface area contributed by atoms with E-state index in [1.807, 2.05) is 6.92 Å². The van der Waals surface area contributed by atoms with Gasteiger partial charge in [-0.05, 0) is 6.92 Å². The minimum atomic E-state index is -2.09. The van der Waals surface area contributed by atoms with Crippen molar-refractivity contribution < 1.29 is 33.1 Å². The molecule has 0 rings (SSSR count). The van der Waals surface area contributed by atoms with Gasteiger partial charge in [0.15, 0.2) is 0 Å². The second-order valence-corrected chi connectivity index (χ2v) is 23.1. The molecule has 0 aromatic carbocycles. The Morgan fingerprint density at radius 3 is 1.34 bits per heavy atom. The number of ether oxygens (including phenoxy) is 3. The molecule has 186 valence electrons. The average molecular weight is 594 g/mol. The quantitative estimate of drug-likeness (QED) is 0.105. The van der Waals surface area contributed by atoms with Gasteiger partial charge in [-0.2, -0.15) is 6.11 Å². The minimum Gasteiger partial charge on any atom is -0.648 e. The van der Waals surface area contributed by atoms with Gasteiger partial charge in [-0.15, -0.1) is 24.8 Å². The molecule has 0 amide bonds. The number of halogens is 2. The van der Waals surface area contributed by atoms with E-state index in [4.69, 9.17) is 31.7 Å². The molecule has 1 unspecified atom stereocenters. The predicted molar refractivity (Wildman–Crippen MR) is 144 cm³/mol. The maximum absolute atomic E-state index is 6.89. The van der Waals surface area contributed by atoms with Gasteiger partial charge in [0.05, 0.1) is 20.3 Å². The van der Waals surface area contributed by atoms with Crippen LogP contribution in [-0.4, -0.2) is 50.6 Å². The molecule has 0 fully saturated rings. The zero-order valence-electron chi connectivity index (χ0n) is 22.5. The number of unbranched alkanes of at least 4 members (excludes halogenated alkanes) is 3. The van der Waals surface area contributed by atoms with Crippen LogP contribution in [0.3, 0.4) is 0 Å². The van der Waals surface area contributed by atoms with Crippen LogP contribution in [0.4, 0.5) is 0 Å². The summed E-state index contributed by atoms with van der Waals surface area (Å²) < 4.78 is 17.3. The molecule has 0 aliphatic heterocycles. The summed E-state index contributed by atoms with van der Waals surface area (Å²) in [5.74, 6) is 3.12. The molecule has 0 radical (unpaired) electrons. The van der Waals surface area contributed by atoms with Crippen LogP contribution in [0.25, 0.3) is 0 Å². The molecule has 0 aliphatic carbocycles. The van der Waals surface area contributed by atoms with Crippen molar-refractivity contribution in [1.29, 1.82) is 0 Å². The fourth-order valence-corrected chi connectivity index (χ4v) is 15.4. The Balaban J connectivity index is -0.0000000782. The number of hydrogen-bond donors (Lipinski definition) is 0. The van der Waals surface area contributed by atoms with Crippen molar-refractivity contribution in [3.8, 4) is 18.1 Å². The van der Waals surface area contributed by atoms with E-state index in [0.29, 0.717) is 5.88 Å². The molecule has 0 bridgehead atoms. The van der Waals surface area contributed by atoms with E-state index < -0.39 is 17.3 Å². The van der Waals surface area contributed by atoms with Crippen LogP contribution in [0.15, 0.2) is 13.2 Å². The van der Waals surface area contributed by atoms with Crippen LogP contribution in [0, 0.1) is 24.6 Å². The number of alkyl halides is 1. The zero-order valence-corrected chi connectivity index (χ0v) is 26.9. The van der Waals surface area contributed by atoms with Crippen molar-refractivity contribution in [2.24, 2.45) is 0 Å². The largest absolute Gasteiger partial charge is 1.00 e. The molecule has 0 heterocycles. The number of methoxy groups -OCH3 is 3. The monoisotopic (exact) mass is 594 g/mol. The Morgan fingerprint density at radius 1 is 0.906 bits per heavy atom. The molecule has 32 heavy (non-hydrogen) atoms. The first-order valence-electron chi connectivity index (χ1n) is 11.0. The van der Waals surface area contributed by atoms with Gasteiger partial charge in [0.25, 0.3) is 0 Å². The first kappa shape index (κ1) is 45.8. The standard InChI is InChI=1S/C4H9ClO.C4H6O.3C4H9.C3H3O.C2H4.ClH.Li.Sn/c1-4(3-5)6-2;1-3-4-5-2;4*1-3-4-2;1-2;;;/h4H,3H2,1-2H3;1-2H3;3*1,3-4H2,2H3;2H3;1-2H2;1H;;/q;;;;;-1;;;2*+1/p-1.